The molecule has 4 rings (SSSR count). The van der Waals surface area contributed by atoms with Crippen molar-refractivity contribution in [1.82, 2.24) is 5.43 Å². The summed E-state index contributed by atoms with van der Waals surface area (Å²) in [6.07, 6.45) is 1.53. The van der Waals surface area contributed by atoms with Crippen LogP contribution in [0.3, 0.4) is 0 Å². The Morgan fingerprint density at radius 1 is 0.861 bits per heavy atom. The summed E-state index contributed by atoms with van der Waals surface area (Å²) >= 11 is 5.92. The number of hydrogen-bond donors (Lipinski definition) is 1. The van der Waals surface area contributed by atoms with Gasteiger partial charge in [-0.2, -0.15) is 5.10 Å². The molecule has 0 aliphatic carbocycles. The molecule has 0 saturated heterocycles. The summed E-state index contributed by atoms with van der Waals surface area (Å²) in [5.41, 5.74) is 6.39. The number of hydrazone groups is 1. The molecule has 4 aromatic carbocycles. The van der Waals surface area contributed by atoms with E-state index in [0.29, 0.717) is 28.9 Å². The lowest BCUT2D eigenvalue weighted by molar-refractivity contribution is -0.123. The summed E-state index contributed by atoms with van der Waals surface area (Å²) in [7, 11) is 1.57. The fourth-order valence-electron chi connectivity index (χ4n) is 3.36. The smallest absolute Gasteiger partial charge is 0.277 e. The lowest BCUT2D eigenvalue weighted by Crippen LogP contribution is -2.24. The van der Waals surface area contributed by atoms with E-state index >= 15 is 0 Å². The number of nitrogens with one attached hydrogen (secondary N) is 1. The number of ether oxygens (including phenoxy) is 3. The fraction of sp³-hybridized carbons (Fsp3) is 0.103. The molecule has 0 unspecified atom stereocenters. The SMILES string of the molecule is COc1cc(C=NNC(=O)COc2ccc(-c3ccccc3)cc2)ccc1OCc1ccc(Cl)cc1. The highest BCUT2D eigenvalue weighted by molar-refractivity contribution is 6.30. The molecular formula is C29H25ClN2O4. The van der Waals surface area contributed by atoms with E-state index in [1.807, 2.05) is 84.9 Å². The zero-order valence-corrected chi connectivity index (χ0v) is 20.4. The average molecular weight is 501 g/mol. The zero-order valence-electron chi connectivity index (χ0n) is 19.7. The Morgan fingerprint density at radius 2 is 1.58 bits per heavy atom. The molecule has 0 fully saturated rings. The molecule has 1 N–H and O–H groups in total. The highest BCUT2D eigenvalue weighted by Crippen LogP contribution is 2.28. The van der Waals surface area contributed by atoms with Gasteiger partial charge in [0.2, 0.25) is 0 Å². The van der Waals surface area contributed by atoms with Gasteiger partial charge in [-0.15, -0.1) is 0 Å². The highest BCUT2D eigenvalue weighted by atomic mass is 35.5. The second-order valence-corrected chi connectivity index (χ2v) is 8.23. The second-order valence-electron chi connectivity index (χ2n) is 7.80. The van der Waals surface area contributed by atoms with Crippen molar-refractivity contribution in [3.05, 3.63) is 113 Å². The molecule has 0 aliphatic rings. The first kappa shape index (κ1) is 24.8. The van der Waals surface area contributed by atoms with E-state index in [4.69, 9.17) is 25.8 Å². The lowest BCUT2D eigenvalue weighted by Gasteiger charge is -2.11. The maximum Gasteiger partial charge on any atom is 0.277 e. The molecule has 0 spiro atoms. The van der Waals surface area contributed by atoms with Crippen LogP contribution in [0.1, 0.15) is 11.1 Å². The van der Waals surface area contributed by atoms with Crippen LogP contribution >= 0.6 is 11.6 Å². The van der Waals surface area contributed by atoms with E-state index in [0.717, 1.165) is 22.3 Å². The highest BCUT2D eigenvalue weighted by Gasteiger charge is 2.07. The molecule has 36 heavy (non-hydrogen) atoms. The molecule has 182 valence electrons. The summed E-state index contributed by atoms with van der Waals surface area (Å²) in [6, 6.07) is 30.5. The van der Waals surface area contributed by atoms with Gasteiger partial charge in [0, 0.05) is 5.02 Å². The summed E-state index contributed by atoms with van der Waals surface area (Å²) in [5.74, 6) is 1.39. The van der Waals surface area contributed by atoms with Gasteiger partial charge in [0.05, 0.1) is 13.3 Å². The molecule has 0 radical (unpaired) electrons. The topological polar surface area (TPSA) is 69.2 Å². The van der Waals surface area contributed by atoms with E-state index in [2.05, 4.69) is 10.5 Å². The molecule has 0 atom stereocenters. The minimum atomic E-state index is -0.367. The fourth-order valence-corrected chi connectivity index (χ4v) is 3.49. The van der Waals surface area contributed by atoms with Gasteiger partial charge in [-0.1, -0.05) is 66.2 Å². The number of amides is 1. The number of hydrogen-bond acceptors (Lipinski definition) is 5. The van der Waals surface area contributed by atoms with Crippen molar-refractivity contribution in [2.24, 2.45) is 5.10 Å². The van der Waals surface area contributed by atoms with Crippen LogP contribution < -0.4 is 19.6 Å². The molecule has 0 aliphatic heterocycles. The van der Waals surface area contributed by atoms with Crippen molar-refractivity contribution in [2.75, 3.05) is 13.7 Å². The number of halogens is 1. The van der Waals surface area contributed by atoms with Crippen molar-refractivity contribution >= 4 is 23.7 Å². The Balaban J connectivity index is 1.25. The van der Waals surface area contributed by atoms with E-state index in [-0.39, 0.29) is 12.5 Å². The molecule has 0 aromatic heterocycles. The lowest BCUT2D eigenvalue weighted by atomic mass is 10.1. The van der Waals surface area contributed by atoms with Crippen LogP contribution in [0.15, 0.2) is 102 Å². The Kier molecular flexibility index (Phi) is 8.57. The summed E-state index contributed by atoms with van der Waals surface area (Å²) < 4.78 is 16.8. The monoisotopic (exact) mass is 500 g/mol. The van der Waals surface area contributed by atoms with E-state index in [1.54, 1.807) is 19.2 Å². The minimum absolute atomic E-state index is 0.150. The third-order valence-corrected chi connectivity index (χ3v) is 5.48. The summed E-state index contributed by atoms with van der Waals surface area (Å²) in [6.45, 7) is 0.231. The number of rotatable bonds is 10. The van der Waals surface area contributed by atoms with Crippen LogP contribution in [-0.2, 0) is 11.4 Å². The van der Waals surface area contributed by atoms with Gasteiger partial charge in [-0.05, 0) is 64.7 Å². The van der Waals surface area contributed by atoms with Crippen LogP contribution in [0, 0.1) is 0 Å². The molecule has 0 bridgehead atoms. The molecular weight excluding hydrogens is 476 g/mol. The van der Waals surface area contributed by atoms with Crippen LogP contribution in [0.4, 0.5) is 0 Å². The summed E-state index contributed by atoms with van der Waals surface area (Å²) in [5, 5.41) is 4.68. The van der Waals surface area contributed by atoms with E-state index in [9.17, 15) is 4.79 Å². The minimum Gasteiger partial charge on any atom is -0.493 e. The van der Waals surface area contributed by atoms with Gasteiger partial charge in [-0.3, -0.25) is 4.79 Å². The number of benzene rings is 4. The molecule has 0 heterocycles. The number of nitrogens with zero attached hydrogens (tertiary/aromatic N) is 1. The van der Waals surface area contributed by atoms with Crippen molar-refractivity contribution in [3.63, 3.8) is 0 Å². The third-order valence-electron chi connectivity index (χ3n) is 5.23. The van der Waals surface area contributed by atoms with Crippen molar-refractivity contribution in [2.45, 2.75) is 6.61 Å². The van der Waals surface area contributed by atoms with Crippen molar-refractivity contribution < 1.29 is 19.0 Å². The van der Waals surface area contributed by atoms with Gasteiger partial charge in [0.15, 0.2) is 18.1 Å². The number of carbonyl (C=O) groups is 1. The number of methoxy groups -OCH3 is 1. The van der Waals surface area contributed by atoms with Crippen molar-refractivity contribution in [1.29, 1.82) is 0 Å². The van der Waals surface area contributed by atoms with Gasteiger partial charge in [0.25, 0.3) is 5.91 Å². The Labute approximate surface area is 215 Å². The van der Waals surface area contributed by atoms with Crippen LogP contribution in [0.5, 0.6) is 17.2 Å². The van der Waals surface area contributed by atoms with Gasteiger partial charge in [-0.25, -0.2) is 5.43 Å². The summed E-state index contributed by atoms with van der Waals surface area (Å²) in [4.78, 5) is 12.1. The standard InChI is InChI=1S/C29H25ClN2O4/c1-34-28-17-22(9-16-27(28)36-19-21-7-12-25(30)13-8-21)18-31-32-29(33)20-35-26-14-10-24(11-15-26)23-5-3-2-4-6-23/h2-18H,19-20H2,1H3,(H,32,33). The molecule has 4 aromatic rings. The molecule has 7 heteroatoms. The quantitative estimate of drug-likeness (QED) is 0.210. The van der Waals surface area contributed by atoms with Crippen molar-refractivity contribution in [3.8, 4) is 28.4 Å². The predicted octanol–water partition coefficient (Wildman–Crippen LogP) is 6.12. The predicted molar refractivity (Wildman–Crippen MR) is 142 cm³/mol. The van der Waals surface area contributed by atoms with Gasteiger partial charge >= 0.3 is 0 Å². The average Bonchev–Trinajstić information content (AvgIpc) is 2.92. The molecule has 0 saturated carbocycles. The molecule has 1 amide bonds. The van der Waals surface area contributed by atoms with Crippen LogP contribution in [0.2, 0.25) is 5.02 Å². The first-order chi connectivity index (χ1) is 17.6. The van der Waals surface area contributed by atoms with Gasteiger partial charge < -0.3 is 14.2 Å². The largest absolute Gasteiger partial charge is 0.493 e. The second kappa shape index (κ2) is 12.4. The van der Waals surface area contributed by atoms with Crippen LogP contribution in [0.25, 0.3) is 11.1 Å². The Morgan fingerprint density at radius 3 is 2.31 bits per heavy atom. The Bertz CT molecular complexity index is 1310. The molecule has 6 nitrogen and oxygen atoms in total. The maximum atomic E-state index is 12.1. The maximum absolute atomic E-state index is 12.1. The van der Waals surface area contributed by atoms with Gasteiger partial charge in [0.1, 0.15) is 12.4 Å². The number of carbonyl (C=O) groups excluding carboxylic acids is 1. The first-order valence-electron chi connectivity index (χ1n) is 11.3. The third kappa shape index (κ3) is 7.10. The van der Waals surface area contributed by atoms with Crippen LogP contribution in [-0.4, -0.2) is 25.8 Å². The van der Waals surface area contributed by atoms with E-state index < -0.39 is 0 Å². The first-order valence-corrected chi connectivity index (χ1v) is 11.6. The Hall–Kier alpha value is -4.29. The van der Waals surface area contributed by atoms with E-state index in [1.165, 1.54) is 6.21 Å². The zero-order chi connectivity index (χ0) is 25.2. The normalized spacial score (nSPS) is 10.7.